The van der Waals surface area contributed by atoms with Gasteiger partial charge in [-0.15, -0.1) is 0 Å². The molecular formula is C13H20N2O. The topological polar surface area (TPSA) is 44.6 Å². The van der Waals surface area contributed by atoms with E-state index >= 15 is 0 Å². The van der Waals surface area contributed by atoms with Crippen LogP contribution < -0.4 is 5.43 Å². The minimum absolute atomic E-state index is 0.0856. The number of hydrogen-bond donors (Lipinski definition) is 2. The van der Waals surface area contributed by atoms with Crippen LogP contribution in [0.5, 0.6) is 0 Å². The van der Waals surface area contributed by atoms with Crippen molar-refractivity contribution in [2.75, 3.05) is 0 Å². The molecular weight excluding hydrogens is 200 g/mol. The highest BCUT2D eigenvalue weighted by Gasteiger charge is 2.12. The number of aliphatic hydroxyl groups excluding tert-OH is 1. The summed E-state index contributed by atoms with van der Waals surface area (Å²) >= 11 is 0. The fourth-order valence-corrected chi connectivity index (χ4v) is 1.19. The van der Waals surface area contributed by atoms with Gasteiger partial charge < -0.3 is 10.5 Å². The first-order valence-electron chi connectivity index (χ1n) is 5.44. The summed E-state index contributed by atoms with van der Waals surface area (Å²) in [4.78, 5) is 0. The largest absolute Gasteiger partial charge is 0.382 e. The lowest BCUT2D eigenvalue weighted by Gasteiger charge is -2.19. The van der Waals surface area contributed by atoms with Gasteiger partial charge in [0.15, 0.2) is 0 Å². The zero-order valence-electron chi connectivity index (χ0n) is 10.4. The van der Waals surface area contributed by atoms with Crippen LogP contribution in [0.2, 0.25) is 0 Å². The summed E-state index contributed by atoms with van der Waals surface area (Å²) in [5.74, 6) is 0. The maximum Gasteiger partial charge on any atom is 0.119 e. The average molecular weight is 220 g/mol. The van der Waals surface area contributed by atoms with E-state index in [4.69, 9.17) is 0 Å². The summed E-state index contributed by atoms with van der Waals surface area (Å²) in [6, 6.07) is 9.52. The first-order chi connectivity index (χ1) is 7.40. The van der Waals surface area contributed by atoms with E-state index in [1.165, 1.54) is 0 Å². The fraction of sp³-hybridized carbons (Fsp3) is 0.462. The molecule has 3 heteroatoms. The molecule has 1 rings (SSSR count). The van der Waals surface area contributed by atoms with Crippen LogP contribution in [0.1, 0.15) is 39.4 Å². The minimum atomic E-state index is -0.643. The Labute approximate surface area is 97.2 Å². The van der Waals surface area contributed by atoms with Gasteiger partial charge in [0.1, 0.15) is 6.10 Å². The fourth-order valence-electron chi connectivity index (χ4n) is 1.19. The number of benzene rings is 1. The smallest absolute Gasteiger partial charge is 0.119 e. The minimum Gasteiger partial charge on any atom is -0.382 e. The molecule has 1 unspecified atom stereocenters. The van der Waals surface area contributed by atoms with Crippen molar-refractivity contribution in [1.29, 1.82) is 0 Å². The molecule has 0 spiro atoms. The summed E-state index contributed by atoms with van der Waals surface area (Å²) in [6.07, 6.45) is -0.643. The monoisotopic (exact) mass is 220 g/mol. The predicted molar refractivity (Wildman–Crippen MR) is 67.4 cm³/mol. The Morgan fingerprint density at radius 3 is 2.31 bits per heavy atom. The third-order valence-electron chi connectivity index (χ3n) is 2.08. The molecule has 88 valence electrons. The molecule has 0 saturated carbocycles. The molecule has 1 aromatic carbocycles. The van der Waals surface area contributed by atoms with E-state index in [0.717, 1.165) is 5.56 Å². The van der Waals surface area contributed by atoms with E-state index in [1.807, 2.05) is 58.0 Å². The Morgan fingerprint density at radius 2 is 1.81 bits per heavy atom. The Morgan fingerprint density at radius 1 is 1.25 bits per heavy atom. The molecule has 0 radical (unpaired) electrons. The van der Waals surface area contributed by atoms with E-state index in [2.05, 4.69) is 10.5 Å². The molecule has 0 aliphatic rings. The Balaban J connectivity index is 2.71. The highest BCUT2D eigenvalue weighted by atomic mass is 16.3. The van der Waals surface area contributed by atoms with Crippen LogP contribution in [-0.2, 0) is 0 Å². The maximum atomic E-state index is 10.0. The summed E-state index contributed by atoms with van der Waals surface area (Å²) in [5.41, 5.74) is 4.44. The van der Waals surface area contributed by atoms with Gasteiger partial charge in [-0.3, -0.25) is 0 Å². The van der Waals surface area contributed by atoms with Crippen LogP contribution >= 0.6 is 0 Å². The van der Waals surface area contributed by atoms with Crippen molar-refractivity contribution in [3.05, 3.63) is 35.9 Å². The average Bonchev–Trinajstić information content (AvgIpc) is 2.25. The lowest BCUT2D eigenvalue weighted by atomic mass is 10.1. The number of hydrogen-bond acceptors (Lipinski definition) is 3. The second-order valence-corrected chi connectivity index (χ2v) is 4.93. The van der Waals surface area contributed by atoms with Crippen LogP contribution in [0.4, 0.5) is 0 Å². The van der Waals surface area contributed by atoms with Crippen LogP contribution in [0.15, 0.2) is 35.4 Å². The second kappa shape index (κ2) is 5.12. The van der Waals surface area contributed by atoms with Crippen molar-refractivity contribution < 1.29 is 5.11 Å². The Bertz CT molecular complexity index is 352. The molecule has 0 heterocycles. The van der Waals surface area contributed by atoms with Gasteiger partial charge in [0.25, 0.3) is 0 Å². The van der Waals surface area contributed by atoms with Crippen LogP contribution in [0, 0.1) is 0 Å². The van der Waals surface area contributed by atoms with Crippen molar-refractivity contribution in [3.8, 4) is 0 Å². The van der Waals surface area contributed by atoms with E-state index < -0.39 is 6.10 Å². The molecule has 0 aromatic heterocycles. The zero-order chi connectivity index (χ0) is 12.2. The number of hydrazone groups is 1. The number of rotatable bonds is 3. The lowest BCUT2D eigenvalue weighted by molar-refractivity contribution is 0.245. The predicted octanol–water partition coefficient (Wildman–Crippen LogP) is 2.48. The Kier molecular flexibility index (Phi) is 4.07. The molecule has 0 aliphatic heterocycles. The summed E-state index contributed by atoms with van der Waals surface area (Å²) in [7, 11) is 0. The molecule has 1 atom stereocenters. The van der Waals surface area contributed by atoms with Gasteiger partial charge in [-0.1, -0.05) is 30.3 Å². The van der Waals surface area contributed by atoms with Gasteiger partial charge in [0.05, 0.1) is 5.71 Å². The molecule has 0 saturated heterocycles. The summed E-state index contributed by atoms with van der Waals surface area (Å²) in [5, 5.41) is 14.2. The quantitative estimate of drug-likeness (QED) is 0.607. The summed E-state index contributed by atoms with van der Waals surface area (Å²) in [6.45, 7) is 7.90. The lowest BCUT2D eigenvalue weighted by Crippen LogP contribution is -2.32. The van der Waals surface area contributed by atoms with Crippen molar-refractivity contribution in [2.45, 2.75) is 39.3 Å². The van der Waals surface area contributed by atoms with Crippen molar-refractivity contribution in [2.24, 2.45) is 5.10 Å². The van der Waals surface area contributed by atoms with E-state index in [0.29, 0.717) is 5.71 Å². The van der Waals surface area contributed by atoms with Crippen LogP contribution in [-0.4, -0.2) is 16.4 Å². The molecule has 16 heavy (non-hydrogen) atoms. The second-order valence-electron chi connectivity index (χ2n) is 4.93. The molecule has 3 nitrogen and oxygen atoms in total. The van der Waals surface area contributed by atoms with Crippen molar-refractivity contribution in [3.63, 3.8) is 0 Å². The third kappa shape index (κ3) is 4.03. The van der Waals surface area contributed by atoms with Gasteiger partial charge in [-0.05, 0) is 33.3 Å². The van der Waals surface area contributed by atoms with E-state index in [-0.39, 0.29) is 5.54 Å². The number of aliphatic hydroxyl groups is 1. The SMILES string of the molecule is C/C(=N/NC(C)(C)C)C(O)c1ccccc1. The Hall–Kier alpha value is -1.35. The van der Waals surface area contributed by atoms with E-state index in [9.17, 15) is 5.11 Å². The molecule has 0 aliphatic carbocycles. The third-order valence-corrected chi connectivity index (χ3v) is 2.08. The number of nitrogens with zero attached hydrogens (tertiary/aromatic N) is 1. The van der Waals surface area contributed by atoms with Gasteiger partial charge in [-0.2, -0.15) is 5.10 Å². The van der Waals surface area contributed by atoms with Gasteiger partial charge >= 0.3 is 0 Å². The molecule has 0 amide bonds. The molecule has 0 fully saturated rings. The zero-order valence-corrected chi connectivity index (χ0v) is 10.4. The first kappa shape index (κ1) is 12.7. The standard InChI is InChI=1S/C13H20N2O/c1-10(14-15-13(2,3)4)12(16)11-8-6-5-7-9-11/h5-9,12,15-16H,1-4H3/b14-10-. The van der Waals surface area contributed by atoms with Crippen LogP contribution in [0.25, 0.3) is 0 Å². The molecule has 2 N–H and O–H groups in total. The van der Waals surface area contributed by atoms with Crippen molar-refractivity contribution >= 4 is 5.71 Å². The maximum absolute atomic E-state index is 10.0. The highest BCUT2D eigenvalue weighted by molar-refractivity contribution is 5.87. The molecule has 0 bridgehead atoms. The molecule has 1 aromatic rings. The van der Waals surface area contributed by atoms with Crippen molar-refractivity contribution in [1.82, 2.24) is 5.43 Å². The van der Waals surface area contributed by atoms with Gasteiger partial charge in [-0.25, -0.2) is 0 Å². The van der Waals surface area contributed by atoms with Gasteiger partial charge in [0, 0.05) is 5.54 Å². The first-order valence-corrected chi connectivity index (χ1v) is 5.44. The van der Waals surface area contributed by atoms with Crippen LogP contribution in [0.3, 0.4) is 0 Å². The number of nitrogens with one attached hydrogen (secondary N) is 1. The normalized spacial score (nSPS) is 14.7. The van der Waals surface area contributed by atoms with E-state index in [1.54, 1.807) is 0 Å². The van der Waals surface area contributed by atoms with Gasteiger partial charge in [0.2, 0.25) is 0 Å². The summed E-state index contributed by atoms with van der Waals surface area (Å²) < 4.78 is 0. The highest BCUT2D eigenvalue weighted by Crippen LogP contribution is 2.13.